The summed E-state index contributed by atoms with van der Waals surface area (Å²) in [6, 6.07) is 4.55. The third-order valence-corrected chi connectivity index (χ3v) is 5.17. The Morgan fingerprint density at radius 1 is 1.14 bits per heavy atom. The first-order chi connectivity index (χ1) is 13.0. The van der Waals surface area contributed by atoms with Gasteiger partial charge in [-0.3, -0.25) is 0 Å². The monoisotopic (exact) mass is 412 g/mol. The lowest BCUT2D eigenvalue weighted by Gasteiger charge is -2.62. The van der Waals surface area contributed by atoms with Crippen LogP contribution in [-0.4, -0.2) is 23.8 Å². The number of amides is 1. The van der Waals surface area contributed by atoms with Gasteiger partial charge in [0, 0.05) is 16.9 Å². The van der Waals surface area contributed by atoms with Gasteiger partial charge in [-0.1, -0.05) is 27.7 Å². The lowest BCUT2D eigenvalue weighted by atomic mass is 9.49. The Kier molecular flexibility index (Phi) is 5.61. The van der Waals surface area contributed by atoms with E-state index in [9.17, 15) is 18.0 Å². The molecule has 0 radical (unpaired) electrons. The summed E-state index contributed by atoms with van der Waals surface area (Å²) in [4.78, 5) is 12.2. The summed E-state index contributed by atoms with van der Waals surface area (Å²) in [5.74, 6) is 0.0261. The van der Waals surface area contributed by atoms with Crippen LogP contribution < -0.4 is 10.1 Å². The number of nitrogens with one attached hydrogen (secondary N) is 1. The van der Waals surface area contributed by atoms with Gasteiger partial charge in [-0.15, -0.1) is 0 Å². The minimum atomic E-state index is -4.66. The summed E-state index contributed by atoms with van der Waals surface area (Å²) in [7, 11) is 0. The highest BCUT2D eigenvalue weighted by molar-refractivity contribution is 5.68. The van der Waals surface area contributed by atoms with Crippen molar-refractivity contribution in [3.63, 3.8) is 0 Å². The number of alkyl carbamates (subject to hydrolysis) is 1. The summed E-state index contributed by atoms with van der Waals surface area (Å²) in [6.45, 7) is 12.8. The van der Waals surface area contributed by atoms with Crippen molar-refractivity contribution in [2.24, 2.45) is 10.8 Å². The number of halogens is 3. The summed E-state index contributed by atoms with van der Waals surface area (Å²) in [5, 5.41) is 11.8. The quantitative estimate of drug-likeness (QED) is 0.733. The number of hydrogen-bond acceptors (Lipinski definition) is 4. The lowest BCUT2D eigenvalue weighted by Crippen LogP contribution is -2.74. The van der Waals surface area contributed by atoms with E-state index in [1.807, 2.05) is 27.7 Å². The fourth-order valence-corrected chi connectivity index (χ4v) is 4.29. The molecule has 1 fully saturated rings. The molecule has 1 aliphatic carbocycles. The molecule has 0 aliphatic heterocycles. The minimum absolute atomic E-state index is 0.0261. The summed E-state index contributed by atoms with van der Waals surface area (Å²) >= 11 is 0. The molecule has 8 heteroatoms. The van der Waals surface area contributed by atoms with Crippen LogP contribution in [0.1, 0.15) is 59.6 Å². The Hall–Kier alpha value is -2.43. The molecule has 5 nitrogen and oxygen atoms in total. The molecule has 1 aliphatic rings. The van der Waals surface area contributed by atoms with Crippen LogP contribution >= 0.6 is 0 Å². The van der Waals surface area contributed by atoms with E-state index >= 15 is 0 Å². The van der Waals surface area contributed by atoms with Crippen LogP contribution in [0.5, 0.6) is 5.75 Å². The van der Waals surface area contributed by atoms with Crippen molar-refractivity contribution in [3.05, 3.63) is 29.3 Å². The Morgan fingerprint density at radius 3 is 2.14 bits per heavy atom. The van der Waals surface area contributed by atoms with E-state index in [-0.39, 0.29) is 11.8 Å². The first-order valence-corrected chi connectivity index (χ1v) is 9.27. The lowest BCUT2D eigenvalue weighted by molar-refractivity contribution is -0.167. The molecule has 0 spiro atoms. The largest absolute Gasteiger partial charge is 0.489 e. The van der Waals surface area contributed by atoms with Gasteiger partial charge in [-0.25, -0.2) is 4.79 Å². The van der Waals surface area contributed by atoms with Crippen LogP contribution in [0.4, 0.5) is 18.0 Å². The third-order valence-electron chi connectivity index (χ3n) is 5.17. The van der Waals surface area contributed by atoms with Gasteiger partial charge in [0.25, 0.3) is 0 Å². The SMILES string of the molecule is CC(C)(C)OC(=O)NC1C(C)(C)C(Oc2ccc(C#N)c(C(F)(F)F)c2)C1(C)C. The molecule has 29 heavy (non-hydrogen) atoms. The van der Waals surface area contributed by atoms with E-state index in [1.165, 1.54) is 6.07 Å². The summed E-state index contributed by atoms with van der Waals surface area (Å²) < 4.78 is 50.9. The number of ether oxygens (including phenoxy) is 2. The Labute approximate surface area is 169 Å². The average Bonchev–Trinajstić information content (AvgIpc) is 2.54. The van der Waals surface area contributed by atoms with Gasteiger partial charge in [-0.05, 0) is 39.0 Å². The number of rotatable bonds is 3. The van der Waals surface area contributed by atoms with Gasteiger partial charge in [0.1, 0.15) is 17.5 Å². The molecule has 1 aromatic carbocycles. The van der Waals surface area contributed by atoms with Crippen LogP contribution in [0.15, 0.2) is 18.2 Å². The molecule has 2 rings (SSSR count). The number of nitrogens with zero attached hydrogens (tertiary/aromatic N) is 1. The summed E-state index contributed by atoms with van der Waals surface area (Å²) in [5.41, 5.74) is -3.26. The molecule has 0 bridgehead atoms. The Balaban J connectivity index is 2.23. The van der Waals surface area contributed by atoms with Crippen molar-refractivity contribution in [1.29, 1.82) is 5.26 Å². The highest BCUT2D eigenvalue weighted by atomic mass is 19.4. The van der Waals surface area contributed by atoms with Crippen LogP contribution in [-0.2, 0) is 10.9 Å². The van der Waals surface area contributed by atoms with Crippen LogP contribution in [0, 0.1) is 22.2 Å². The standard InChI is InChI=1S/C21H27F3N2O3/c1-18(2,3)29-17(27)26-15-19(4,5)16(20(15,6)7)28-13-9-8-12(11-25)14(10-13)21(22,23)24/h8-10,15-16H,1-7H3,(H,26,27). The zero-order chi connectivity index (χ0) is 22.4. The summed E-state index contributed by atoms with van der Waals surface area (Å²) in [6.07, 6.45) is -5.68. The molecular formula is C21H27F3N2O3. The van der Waals surface area contributed by atoms with Gasteiger partial charge >= 0.3 is 12.3 Å². The van der Waals surface area contributed by atoms with Crippen molar-refractivity contribution in [3.8, 4) is 11.8 Å². The maximum atomic E-state index is 13.2. The number of carbonyl (C=O) groups is 1. The van der Waals surface area contributed by atoms with E-state index in [4.69, 9.17) is 14.7 Å². The van der Waals surface area contributed by atoms with E-state index in [0.29, 0.717) is 0 Å². The second-order valence-corrected chi connectivity index (χ2v) is 9.54. The average molecular weight is 412 g/mol. The highest BCUT2D eigenvalue weighted by Gasteiger charge is 2.64. The molecule has 160 valence electrons. The van der Waals surface area contributed by atoms with Crippen molar-refractivity contribution in [1.82, 2.24) is 5.32 Å². The van der Waals surface area contributed by atoms with Crippen molar-refractivity contribution >= 4 is 6.09 Å². The predicted octanol–water partition coefficient (Wildman–Crippen LogP) is 5.28. The second kappa shape index (κ2) is 7.12. The molecule has 0 saturated heterocycles. The smallest absolute Gasteiger partial charge is 0.417 e. The predicted molar refractivity (Wildman–Crippen MR) is 101 cm³/mol. The number of hydrogen-bond donors (Lipinski definition) is 1. The normalized spacial score (nSPS) is 22.8. The molecule has 1 saturated carbocycles. The Morgan fingerprint density at radius 2 is 1.69 bits per heavy atom. The van der Waals surface area contributed by atoms with Gasteiger partial charge in [0.2, 0.25) is 0 Å². The molecule has 0 unspecified atom stereocenters. The first kappa shape index (κ1) is 22.9. The number of nitriles is 1. The van der Waals surface area contributed by atoms with Crippen molar-refractivity contribution in [2.75, 3.05) is 0 Å². The number of benzene rings is 1. The number of carbonyl (C=O) groups excluding carboxylic acids is 1. The van der Waals surface area contributed by atoms with E-state index in [1.54, 1.807) is 26.8 Å². The maximum Gasteiger partial charge on any atom is 0.417 e. The fraction of sp³-hybridized carbons (Fsp3) is 0.619. The fourth-order valence-electron chi connectivity index (χ4n) is 4.29. The topological polar surface area (TPSA) is 71.3 Å². The molecule has 1 aromatic rings. The number of alkyl halides is 3. The molecule has 1 amide bonds. The van der Waals surface area contributed by atoms with Crippen LogP contribution in [0.3, 0.4) is 0 Å². The molecule has 0 atom stereocenters. The maximum absolute atomic E-state index is 13.2. The third kappa shape index (κ3) is 4.60. The van der Waals surface area contributed by atoms with E-state index in [2.05, 4.69) is 5.32 Å². The Bertz CT molecular complexity index is 817. The van der Waals surface area contributed by atoms with Gasteiger partial charge in [-0.2, -0.15) is 18.4 Å². The van der Waals surface area contributed by atoms with Gasteiger partial charge in [0.05, 0.1) is 17.2 Å². The van der Waals surface area contributed by atoms with Crippen LogP contribution in [0.25, 0.3) is 0 Å². The zero-order valence-corrected chi connectivity index (χ0v) is 17.7. The van der Waals surface area contributed by atoms with E-state index < -0.39 is 45.9 Å². The minimum Gasteiger partial charge on any atom is -0.489 e. The molecule has 0 aromatic heterocycles. The van der Waals surface area contributed by atoms with Crippen molar-refractivity contribution < 1.29 is 27.4 Å². The highest BCUT2D eigenvalue weighted by Crippen LogP contribution is 2.55. The van der Waals surface area contributed by atoms with Gasteiger partial charge < -0.3 is 14.8 Å². The molecular weight excluding hydrogens is 385 g/mol. The van der Waals surface area contributed by atoms with Crippen LogP contribution in [0.2, 0.25) is 0 Å². The van der Waals surface area contributed by atoms with E-state index in [0.717, 1.165) is 12.1 Å². The molecule has 0 heterocycles. The second-order valence-electron chi connectivity index (χ2n) is 9.54. The van der Waals surface area contributed by atoms with Gasteiger partial charge in [0.15, 0.2) is 0 Å². The first-order valence-electron chi connectivity index (χ1n) is 9.27. The molecule has 1 N–H and O–H groups in total. The zero-order valence-electron chi connectivity index (χ0n) is 17.7. The van der Waals surface area contributed by atoms with Crippen molar-refractivity contribution in [2.45, 2.75) is 72.4 Å².